The number of hydrogen-bond donors (Lipinski definition) is 0. The molecule has 19 heavy (non-hydrogen) atoms. The molecule has 0 amide bonds. The molecule has 2 aromatic rings. The summed E-state index contributed by atoms with van der Waals surface area (Å²) >= 11 is 9.83. The summed E-state index contributed by atoms with van der Waals surface area (Å²) in [5.74, 6) is -0.260. The minimum atomic E-state index is -0.260. The van der Waals surface area contributed by atoms with Crippen LogP contribution in [-0.2, 0) is 6.42 Å². The molecule has 1 unspecified atom stereocenters. The maximum Gasteiger partial charge on any atom is 0.123 e. The third kappa shape index (κ3) is 3.58. The molecule has 0 radical (unpaired) electrons. The summed E-state index contributed by atoms with van der Waals surface area (Å²) < 4.78 is 14.1. The van der Waals surface area contributed by atoms with Gasteiger partial charge in [0.25, 0.3) is 0 Å². The van der Waals surface area contributed by atoms with E-state index in [2.05, 4.69) is 48.0 Å². The summed E-state index contributed by atoms with van der Waals surface area (Å²) in [6.07, 6.45) is 0.685. The zero-order valence-electron chi connectivity index (χ0n) is 10.9. The van der Waals surface area contributed by atoms with Crippen LogP contribution in [0.25, 0.3) is 0 Å². The van der Waals surface area contributed by atoms with Crippen LogP contribution in [0.3, 0.4) is 0 Å². The summed E-state index contributed by atoms with van der Waals surface area (Å²) in [4.78, 5) is 0. The standard InChI is InChI=1S/C16H15BrClF/c1-10-3-4-12(7-11(10)2)8-16(18)14-9-13(19)5-6-15(14)17/h3-7,9,16H,8H2,1-2H3. The molecule has 0 fully saturated rings. The van der Waals surface area contributed by atoms with E-state index in [-0.39, 0.29) is 11.2 Å². The van der Waals surface area contributed by atoms with Gasteiger partial charge in [0.2, 0.25) is 0 Å². The van der Waals surface area contributed by atoms with Gasteiger partial charge >= 0.3 is 0 Å². The quantitative estimate of drug-likeness (QED) is 0.626. The van der Waals surface area contributed by atoms with E-state index >= 15 is 0 Å². The molecule has 2 aromatic carbocycles. The van der Waals surface area contributed by atoms with Gasteiger partial charge in [-0.1, -0.05) is 34.1 Å². The van der Waals surface area contributed by atoms with Crippen LogP contribution >= 0.6 is 27.5 Å². The van der Waals surface area contributed by atoms with Gasteiger partial charge in [0.05, 0.1) is 5.38 Å². The Kier molecular flexibility index (Phi) is 4.64. The Bertz CT molecular complexity index is 595. The molecule has 0 aromatic heterocycles. The van der Waals surface area contributed by atoms with Crippen LogP contribution in [0, 0.1) is 19.7 Å². The molecule has 0 bridgehead atoms. The Morgan fingerprint density at radius 2 is 1.84 bits per heavy atom. The van der Waals surface area contributed by atoms with Crippen LogP contribution in [0.5, 0.6) is 0 Å². The van der Waals surface area contributed by atoms with Crippen molar-refractivity contribution in [3.8, 4) is 0 Å². The number of rotatable bonds is 3. The minimum absolute atomic E-state index is 0.243. The molecule has 0 aliphatic carbocycles. The first-order valence-electron chi connectivity index (χ1n) is 6.12. The fraction of sp³-hybridized carbons (Fsp3) is 0.250. The summed E-state index contributed by atoms with van der Waals surface area (Å²) in [6, 6.07) is 10.9. The number of benzene rings is 2. The van der Waals surface area contributed by atoms with E-state index in [4.69, 9.17) is 11.6 Å². The second-order valence-electron chi connectivity index (χ2n) is 4.76. The lowest BCUT2D eigenvalue weighted by Gasteiger charge is -2.13. The molecule has 0 saturated carbocycles. The van der Waals surface area contributed by atoms with Crippen molar-refractivity contribution >= 4 is 27.5 Å². The van der Waals surface area contributed by atoms with Crippen LogP contribution in [0.15, 0.2) is 40.9 Å². The number of aryl methyl sites for hydroxylation is 2. The third-order valence-electron chi connectivity index (χ3n) is 3.28. The van der Waals surface area contributed by atoms with E-state index in [9.17, 15) is 4.39 Å². The summed E-state index contributed by atoms with van der Waals surface area (Å²) in [5.41, 5.74) is 4.47. The highest BCUT2D eigenvalue weighted by Crippen LogP contribution is 2.31. The lowest BCUT2D eigenvalue weighted by atomic mass is 10.00. The maximum absolute atomic E-state index is 13.3. The van der Waals surface area contributed by atoms with Crippen molar-refractivity contribution in [1.82, 2.24) is 0 Å². The van der Waals surface area contributed by atoms with Gasteiger partial charge in [-0.05, 0) is 60.7 Å². The average molecular weight is 342 g/mol. The van der Waals surface area contributed by atoms with E-state index in [0.717, 1.165) is 10.0 Å². The molecule has 0 N–H and O–H groups in total. The molecular formula is C16H15BrClF. The summed E-state index contributed by atoms with van der Waals surface area (Å²) in [5, 5.41) is -0.243. The van der Waals surface area contributed by atoms with Crippen LogP contribution in [0.4, 0.5) is 4.39 Å². The molecule has 0 aliphatic heterocycles. The first kappa shape index (κ1) is 14.5. The van der Waals surface area contributed by atoms with Gasteiger partial charge < -0.3 is 0 Å². The largest absolute Gasteiger partial charge is 0.207 e. The Balaban J connectivity index is 2.22. The van der Waals surface area contributed by atoms with Crippen molar-refractivity contribution in [3.63, 3.8) is 0 Å². The van der Waals surface area contributed by atoms with Gasteiger partial charge in [0, 0.05) is 4.47 Å². The van der Waals surface area contributed by atoms with Crippen molar-refractivity contribution in [2.45, 2.75) is 25.6 Å². The molecule has 0 nitrogen and oxygen atoms in total. The third-order valence-corrected chi connectivity index (χ3v) is 4.39. The highest BCUT2D eigenvalue weighted by molar-refractivity contribution is 9.10. The zero-order valence-corrected chi connectivity index (χ0v) is 13.2. The molecule has 0 spiro atoms. The first-order chi connectivity index (χ1) is 8.97. The Morgan fingerprint density at radius 3 is 2.53 bits per heavy atom. The number of alkyl halides is 1. The Labute approximate surface area is 126 Å². The predicted octanol–water partition coefficient (Wildman–Crippen LogP) is 5.73. The van der Waals surface area contributed by atoms with Crippen LogP contribution in [0.2, 0.25) is 0 Å². The average Bonchev–Trinajstić information content (AvgIpc) is 2.36. The second kappa shape index (κ2) is 6.06. The fourth-order valence-electron chi connectivity index (χ4n) is 2.00. The molecule has 1 atom stereocenters. The van der Waals surface area contributed by atoms with E-state index in [0.29, 0.717) is 6.42 Å². The SMILES string of the molecule is Cc1ccc(CC(Cl)c2cc(F)ccc2Br)cc1C. The van der Waals surface area contributed by atoms with Crippen molar-refractivity contribution in [3.05, 3.63) is 68.9 Å². The first-order valence-corrected chi connectivity index (χ1v) is 7.35. The molecular weight excluding hydrogens is 327 g/mol. The van der Waals surface area contributed by atoms with Crippen LogP contribution < -0.4 is 0 Å². The summed E-state index contributed by atoms with van der Waals surface area (Å²) in [6.45, 7) is 4.17. The van der Waals surface area contributed by atoms with Crippen molar-refractivity contribution in [1.29, 1.82) is 0 Å². The Morgan fingerprint density at radius 1 is 1.11 bits per heavy atom. The molecule has 0 aliphatic rings. The molecule has 3 heteroatoms. The molecule has 0 saturated heterocycles. The lowest BCUT2D eigenvalue weighted by Crippen LogP contribution is -1.98. The van der Waals surface area contributed by atoms with Gasteiger partial charge in [0.15, 0.2) is 0 Å². The van der Waals surface area contributed by atoms with Crippen molar-refractivity contribution in [2.75, 3.05) is 0 Å². The van der Waals surface area contributed by atoms with E-state index < -0.39 is 0 Å². The number of hydrogen-bond acceptors (Lipinski definition) is 0. The van der Waals surface area contributed by atoms with Gasteiger partial charge in [-0.3, -0.25) is 0 Å². The van der Waals surface area contributed by atoms with Gasteiger partial charge in [-0.2, -0.15) is 0 Å². The van der Waals surface area contributed by atoms with E-state index in [1.54, 1.807) is 6.07 Å². The van der Waals surface area contributed by atoms with E-state index in [1.807, 2.05) is 0 Å². The molecule has 0 heterocycles. The normalized spacial score (nSPS) is 12.5. The minimum Gasteiger partial charge on any atom is -0.207 e. The Hall–Kier alpha value is -0.860. The van der Waals surface area contributed by atoms with Gasteiger partial charge in [0.1, 0.15) is 5.82 Å². The smallest absolute Gasteiger partial charge is 0.123 e. The highest BCUT2D eigenvalue weighted by atomic mass is 79.9. The van der Waals surface area contributed by atoms with Gasteiger partial charge in [-0.25, -0.2) is 4.39 Å². The van der Waals surface area contributed by atoms with Gasteiger partial charge in [-0.15, -0.1) is 11.6 Å². The zero-order chi connectivity index (χ0) is 14.0. The summed E-state index contributed by atoms with van der Waals surface area (Å²) in [7, 11) is 0. The predicted molar refractivity (Wildman–Crippen MR) is 82.3 cm³/mol. The molecule has 2 rings (SSSR count). The van der Waals surface area contributed by atoms with E-state index in [1.165, 1.54) is 28.8 Å². The number of halogens is 3. The van der Waals surface area contributed by atoms with Crippen molar-refractivity contribution in [2.24, 2.45) is 0 Å². The van der Waals surface area contributed by atoms with Crippen LogP contribution in [0.1, 0.15) is 27.6 Å². The monoisotopic (exact) mass is 340 g/mol. The topological polar surface area (TPSA) is 0 Å². The lowest BCUT2D eigenvalue weighted by molar-refractivity contribution is 0.624. The molecule has 100 valence electrons. The maximum atomic E-state index is 13.3. The fourth-order valence-corrected chi connectivity index (χ4v) is 3.02. The second-order valence-corrected chi connectivity index (χ2v) is 6.14. The van der Waals surface area contributed by atoms with Crippen molar-refractivity contribution < 1.29 is 4.39 Å². The van der Waals surface area contributed by atoms with Crippen LogP contribution in [-0.4, -0.2) is 0 Å². The highest BCUT2D eigenvalue weighted by Gasteiger charge is 2.13.